The highest BCUT2D eigenvalue weighted by Crippen LogP contribution is 2.32. The van der Waals surface area contributed by atoms with Gasteiger partial charge in [0.05, 0.1) is 12.0 Å². The van der Waals surface area contributed by atoms with E-state index in [0.29, 0.717) is 6.79 Å². The first-order valence-electron chi connectivity index (χ1n) is 7.47. The van der Waals surface area contributed by atoms with Crippen LogP contribution in [0.25, 0.3) is 0 Å². The summed E-state index contributed by atoms with van der Waals surface area (Å²) in [4.78, 5) is 4.83. The van der Waals surface area contributed by atoms with Gasteiger partial charge in [-0.05, 0) is 24.6 Å². The molecule has 21 heavy (non-hydrogen) atoms. The minimum Gasteiger partial charge on any atom is -0.454 e. The third-order valence-corrected chi connectivity index (χ3v) is 4.06. The molecule has 1 aromatic rings. The van der Waals surface area contributed by atoms with Crippen LogP contribution in [0.4, 0.5) is 0 Å². The van der Waals surface area contributed by atoms with E-state index in [9.17, 15) is 0 Å². The van der Waals surface area contributed by atoms with Gasteiger partial charge in [-0.15, -0.1) is 0 Å². The summed E-state index contributed by atoms with van der Waals surface area (Å²) in [5.41, 5.74) is 1.26. The average molecular weight is 287 g/mol. The normalized spacial score (nSPS) is 20.2. The minimum atomic E-state index is 0.116. The van der Waals surface area contributed by atoms with E-state index in [-0.39, 0.29) is 5.92 Å². The maximum Gasteiger partial charge on any atom is 0.231 e. The van der Waals surface area contributed by atoms with Gasteiger partial charge in [0.1, 0.15) is 0 Å². The van der Waals surface area contributed by atoms with Crippen molar-refractivity contribution in [3.05, 3.63) is 23.8 Å². The van der Waals surface area contributed by atoms with Crippen molar-refractivity contribution < 1.29 is 9.47 Å². The van der Waals surface area contributed by atoms with Crippen molar-refractivity contribution in [3.8, 4) is 17.6 Å². The van der Waals surface area contributed by atoms with Gasteiger partial charge in [0.25, 0.3) is 0 Å². The Balaban J connectivity index is 1.50. The summed E-state index contributed by atoms with van der Waals surface area (Å²) in [7, 11) is 0. The Bertz CT molecular complexity index is 533. The maximum absolute atomic E-state index is 8.88. The predicted molar refractivity (Wildman–Crippen MR) is 79.1 cm³/mol. The van der Waals surface area contributed by atoms with Gasteiger partial charge in [0.2, 0.25) is 6.79 Å². The van der Waals surface area contributed by atoms with E-state index in [1.807, 2.05) is 13.0 Å². The molecule has 0 saturated carbocycles. The number of nitrogens with zero attached hydrogens (tertiary/aromatic N) is 3. The average Bonchev–Trinajstić information content (AvgIpc) is 2.96. The summed E-state index contributed by atoms with van der Waals surface area (Å²) in [5, 5.41) is 8.88. The number of piperazine rings is 1. The van der Waals surface area contributed by atoms with Gasteiger partial charge in [-0.1, -0.05) is 6.07 Å². The molecular formula is C16H21N3O2. The van der Waals surface area contributed by atoms with E-state index in [1.54, 1.807) is 0 Å². The van der Waals surface area contributed by atoms with Gasteiger partial charge in [0.15, 0.2) is 11.5 Å². The lowest BCUT2D eigenvalue weighted by atomic mass is 10.1. The van der Waals surface area contributed by atoms with Crippen LogP contribution >= 0.6 is 0 Å². The van der Waals surface area contributed by atoms with Crippen LogP contribution < -0.4 is 9.47 Å². The topological polar surface area (TPSA) is 48.7 Å². The largest absolute Gasteiger partial charge is 0.454 e. The van der Waals surface area contributed by atoms with Crippen LogP contribution in [0.2, 0.25) is 0 Å². The van der Waals surface area contributed by atoms with Crippen molar-refractivity contribution in [2.75, 3.05) is 39.5 Å². The van der Waals surface area contributed by atoms with Gasteiger partial charge in [-0.3, -0.25) is 9.80 Å². The second-order valence-corrected chi connectivity index (χ2v) is 5.79. The second-order valence-electron chi connectivity index (χ2n) is 5.79. The molecular weight excluding hydrogens is 266 g/mol. The summed E-state index contributed by atoms with van der Waals surface area (Å²) in [6.45, 7) is 8.31. The van der Waals surface area contributed by atoms with E-state index in [1.165, 1.54) is 5.56 Å². The summed E-state index contributed by atoms with van der Waals surface area (Å²) in [5.74, 6) is 1.81. The Morgan fingerprint density at radius 1 is 1.14 bits per heavy atom. The fraction of sp³-hybridized carbons (Fsp3) is 0.562. The molecule has 2 aliphatic rings. The summed E-state index contributed by atoms with van der Waals surface area (Å²) in [6, 6.07) is 8.48. The molecule has 0 radical (unpaired) electrons. The molecule has 0 aliphatic carbocycles. The molecule has 0 spiro atoms. The van der Waals surface area contributed by atoms with Crippen LogP contribution in [0.15, 0.2) is 18.2 Å². The molecule has 0 bridgehead atoms. The molecule has 112 valence electrons. The number of fused-ring (bicyclic) bond motifs is 1. The van der Waals surface area contributed by atoms with Gasteiger partial charge < -0.3 is 9.47 Å². The Morgan fingerprint density at radius 2 is 1.86 bits per heavy atom. The van der Waals surface area contributed by atoms with E-state index in [4.69, 9.17) is 14.7 Å². The standard InChI is InChI=1S/C16H21N3O2/c1-13(9-17)10-18-4-6-19(7-5-18)11-14-2-3-15-16(8-14)21-12-20-15/h2-3,8,13H,4-7,10-12H2,1H3. The van der Waals surface area contributed by atoms with Crippen molar-refractivity contribution in [2.45, 2.75) is 13.5 Å². The van der Waals surface area contributed by atoms with Crippen LogP contribution in [-0.4, -0.2) is 49.3 Å². The Hall–Kier alpha value is -1.77. The Labute approximate surface area is 125 Å². The number of nitriles is 1. The first-order chi connectivity index (χ1) is 10.2. The van der Waals surface area contributed by atoms with Crippen LogP contribution in [0.3, 0.4) is 0 Å². The van der Waals surface area contributed by atoms with Crippen LogP contribution in [0.5, 0.6) is 11.5 Å². The lowest BCUT2D eigenvalue weighted by Crippen LogP contribution is -2.46. The van der Waals surface area contributed by atoms with Crippen LogP contribution in [-0.2, 0) is 6.54 Å². The molecule has 2 aliphatic heterocycles. The summed E-state index contributed by atoms with van der Waals surface area (Å²) >= 11 is 0. The molecule has 5 nitrogen and oxygen atoms in total. The first-order valence-corrected chi connectivity index (χ1v) is 7.47. The highest BCUT2D eigenvalue weighted by molar-refractivity contribution is 5.44. The molecule has 0 amide bonds. The molecule has 1 aromatic carbocycles. The first kappa shape index (κ1) is 14.2. The SMILES string of the molecule is CC(C#N)CN1CCN(Cc2ccc3c(c2)OCO3)CC1. The van der Waals surface area contributed by atoms with Gasteiger partial charge in [-0.25, -0.2) is 0 Å². The molecule has 1 unspecified atom stereocenters. The summed E-state index contributed by atoms with van der Waals surface area (Å²) < 4.78 is 10.8. The molecule has 5 heteroatoms. The lowest BCUT2D eigenvalue weighted by Gasteiger charge is -2.35. The molecule has 1 fully saturated rings. The molecule has 1 atom stereocenters. The highest BCUT2D eigenvalue weighted by Gasteiger charge is 2.19. The number of benzene rings is 1. The summed E-state index contributed by atoms with van der Waals surface area (Å²) in [6.07, 6.45) is 0. The maximum atomic E-state index is 8.88. The zero-order chi connectivity index (χ0) is 14.7. The Morgan fingerprint density at radius 3 is 2.62 bits per heavy atom. The fourth-order valence-electron chi connectivity index (χ4n) is 2.86. The smallest absolute Gasteiger partial charge is 0.231 e. The second kappa shape index (κ2) is 6.33. The van der Waals surface area contributed by atoms with Crippen molar-refractivity contribution in [2.24, 2.45) is 5.92 Å². The van der Waals surface area contributed by atoms with Gasteiger partial charge in [0, 0.05) is 39.3 Å². The quantitative estimate of drug-likeness (QED) is 0.843. The molecule has 3 rings (SSSR count). The van der Waals surface area contributed by atoms with Crippen molar-refractivity contribution >= 4 is 0 Å². The third kappa shape index (κ3) is 3.46. The van der Waals surface area contributed by atoms with Crippen molar-refractivity contribution in [1.82, 2.24) is 9.80 Å². The van der Waals surface area contributed by atoms with Gasteiger partial charge in [-0.2, -0.15) is 5.26 Å². The molecule has 0 aromatic heterocycles. The van der Waals surface area contributed by atoms with Gasteiger partial charge >= 0.3 is 0 Å². The van der Waals surface area contributed by atoms with E-state index < -0.39 is 0 Å². The van der Waals surface area contributed by atoms with E-state index in [0.717, 1.165) is 50.8 Å². The van der Waals surface area contributed by atoms with E-state index >= 15 is 0 Å². The van der Waals surface area contributed by atoms with Crippen LogP contribution in [0.1, 0.15) is 12.5 Å². The van der Waals surface area contributed by atoms with Crippen LogP contribution in [0, 0.1) is 17.2 Å². The third-order valence-electron chi connectivity index (χ3n) is 4.06. The highest BCUT2D eigenvalue weighted by atomic mass is 16.7. The number of hydrogen-bond donors (Lipinski definition) is 0. The van der Waals surface area contributed by atoms with Crippen molar-refractivity contribution in [3.63, 3.8) is 0 Å². The minimum absolute atomic E-state index is 0.116. The predicted octanol–water partition coefficient (Wildman–Crippen LogP) is 1.69. The Kier molecular flexibility index (Phi) is 4.28. The lowest BCUT2D eigenvalue weighted by molar-refractivity contribution is 0.121. The zero-order valence-electron chi connectivity index (χ0n) is 12.4. The zero-order valence-corrected chi connectivity index (χ0v) is 12.4. The number of hydrogen-bond acceptors (Lipinski definition) is 5. The van der Waals surface area contributed by atoms with Crippen molar-refractivity contribution in [1.29, 1.82) is 5.26 Å². The number of ether oxygens (including phenoxy) is 2. The fourth-order valence-corrected chi connectivity index (χ4v) is 2.86. The molecule has 2 heterocycles. The molecule has 1 saturated heterocycles. The molecule has 0 N–H and O–H groups in total. The number of rotatable bonds is 4. The monoisotopic (exact) mass is 287 g/mol. The van der Waals surface area contributed by atoms with E-state index in [2.05, 4.69) is 28.0 Å².